The van der Waals surface area contributed by atoms with Crippen LogP contribution in [0.3, 0.4) is 0 Å². The summed E-state index contributed by atoms with van der Waals surface area (Å²) in [5.74, 6) is 0. The molecular formula is C13H27NO2. The number of hydrogen-bond acceptors (Lipinski definition) is 2. The van der Waals surface area contributed by atoms with Crippen molar-refractivity contribution in [2.45, 2.75) is 60.9 Å². The number of rotatable bonds is 2. The van der Waals surface area contributed by atoms with Gasteiger partial charge in [-0.3, -0.25) is 0 Å². The fourth-order valence-corrected chi connectivity index (χ4v) is 0.761. The van der Waals surface area contributed by atoms with Crippen molar-refractivity contribution in [2.75, 3.05) is 6.61 Å². The topological polar surface area (TPSA) is 38.3 Å². The highest BCUT2D eigenvalue weighted by Crippen LogP contribution is 2.29. The molecule has 0 atom stereocenters. The van der Waals surface area contributed by atoms with E-state index in [-0.39, 0.29) is 22.5 Å². The van der Waals surface area contributed by atoms with Crippen molar-refractivity contribution in [1.82, 2.24) is 5.32 Å². The maximum absolute atomic E-state index is 11.6. The summed E-state index contributed by atoms with van der Waals surface area (Å²) in [7, 11) is 0. The molecule has 1 amide bonds. The standard InChI is InChI=1S/C13H27NO2/c1-11(2,3)9-16-10(15)14-13(7,8)12(4,5)6/h9H2,1-8H3,(H,14,15). The van der Waals surface area contributed by atoms with Gasteiger partial charge in [0.2, 0.25) is 0 Å². The number of nitrogens with one attached hydrogen (secondary N) is 1. The van der Waals surface area contributed by atoms with Crippen LogP contribution < -0.4 is 5.32 Å². The number of hydrogen-bond donors (Lipinski definition) is 1. The highest BCUT2D eigenvalue weighted by molar-refractivity contribution is 5.68. The summed E-state index contributed by atoms with van der Waals surface area (Å²) < 4.78 is 5.19. The van der Waals surface area contributed by atoms with Gasteiger partial charge in [-0.05, 0) is 24.7 Å². The molecule has 0 aromatic carbocycles. The van der Waals surface area contributed by atoms with Crippen molar-refractivity contribution in [3.8, 4) is 0 Å². The first-order valence-corrected chi connectivity index (χ1v) is 5.80. The van der Waals surface area contributed by atoms with Crippen molar-refractivity contribution in [3.63, 3.8) is 0 Å². The summed E-state index contributed by atoms with van der Waals surface area (Å²) in [6.07, 6.45) is -0.338. The number of ether oxygens (including phenoxy) is 1. The molecule has 0 rings (SSSR count). The van der Waals surface area contributed by atoms with Crippen LogP contribution in [-0.2, 0) is 4.74 Å². The van der Waals surface area contributed by atoms with Crippen molar-refractivity contribution >= 4 is 6.09 Å². The Bertz CT molecular complexity index is 244. The van der Waals surface area contributed by atoms with Crippen LogP contribution in [-0.4, -0.2) is 18.2 Å². The minimum atomic E-state index is -0.338. The largest absolute Gasteiger partial charge is 0.449 e. The van der Waals surface area contributed by atoms with Crippen LogP contribution in [0.1, 0.15) is 55.4 Å². The molecule has 0 spiro atoms. The first-order valence-electron chi connectivity index (χ1n) is 5.80. The van der Waals surface area contributed by atoms with Gasteiger partial charge in [0.05, 0.1) is 6.61 Å². The molecule has 0 aliphatic rings. The van der Waals surface area contributed by atoms with Crippen LogP contribution in [0.5, 0.6) is 0 Å². The first kappa shape index (κ1) is 15.3. The molecule has 96 valence electrons. The lowest BCUT2D eigenvalue weighted by Crippen LogP contribution is -2.52. The highest BCUT2D eigenvalue weighted by Gasteiger charge is 2.34. The Kier molecular flexibility index (Phi) is 4.43. The normalized spacial score (nSPS) is 13.5. The molecule has 1 N–H and O–H groups in total. The van der Waals surface area contributed by atoms with Gasteiger partial charge in [-0.25, -0.2) is 4.79 Å². The van der Waals surface area contributed by atoms with E-state index in [1.807, 2.05) is 34.6 Å². The SMILES string of the molecule is CC(C)(C)COC(=O)NC(C)(C)C(C)(C)C. The monoisotopic (exact) mass is 229 g/mol. The molecule has 3 nitrogen and oxygen atoms in total. The van der Waals surface area contributed by atoms with Gasteiger partial charge in [0.1, 0.15) is 0 Å². The van der Waals surface area contributed by atoms with E-state index in [0.717, 1.165) is 0 Å². The van der Waals surface area contributed by atoms with E-state index in [2.05, 4.69) is 26.1 Å². The zero-order chi connectivity index (χ0) is 13.2. The highest BCUT2D eigenvalue weighted by atomic mass is 16.5. The van der Waals surface area contributed by atoms with Crippen LogP contribution in [0, 0.1) is 10.8 Å². The summed E-state index contributed by atoms with van der Waals surface area (Å²) in [6.45, 7) is 16.8. The van der Waals surface area contributed by atoms with Crippen LogP contribution in [0.2, 0.25) is 0 Å². The molecule has 0 aliphatic carbocycles. The minimum absolute atomic E-state index is 0.00319. The van der Waals surface area contributed by atoms with Crippen LogP contribution >= 0.6 is 0 Å². The Morgan fingerprint density at radius 3 is 1.75 bits per heavy atom. The molecule has 0 aromatic heterocycles. The Hall–Kier alpha value is -0.730. The predicted octanol–water partition coefficient (Wildman–Crippen LogP) is 3.58. The predicted molar refractivity (Wildman–Crippen MR) is 67.5 cm³/mol. The summed E-state index contributed by atoms with van der Waals surface area (Å²) in [5.41, 5.74) is -0.293. The third-order valence-corrected chi connectivity index (χ3v) is 2.93. The Morgan fingerprint density at radius 2 is 1.44 bits per heavy atom. The van der Waals surface area contributed by atoms with E-state index in [4.69, 9.17) is 4.74 Å². The van der Waals surface area contributed by atoms with E-state index in [1.165, 1.54) is 0 Å². The molecule has 3 heteroatoms. The van der Waals surface area contributed by atoms with E-state index in [0.29, 0.717) is 6.61 Å². The van der Waals surface area contributed by atoms with Gasteiger partial charge in [0.15, 0.2) is 0 Å². The second-order valence-electron chi connectivity index (χ2n) is 7.14. The summed E-state index contributed by atoms with van der Waals surface area (Å²) in [5, 5.41) is 2.91. The molecule has 0 unspecified atom stereocenters. The lowest BCUT2D eigenvalue weighted by atomic mass is 9.76. The average Bonchev–Trinajstić information content (AvgIpc) is 1.96. The van der Waals surface area contributed by atoms with Crippen molar-refractivity contribution in [1.29, 1.82) is 0 Å². The van der Waals surface area contributed by atoms with Crippen LogP contribution in [0.4, 0.5) is 4.79 Å². The molecule has 0 heterocycles. The number of alkyl carbamates (subject to hydrolysis) is 1. The Balaban J connectivity index is 4.26. The summed E-state index contributed by atoms with van der Waals surface area (Å²) in [4.78, 5) is 11.6. The fourth-order valence-electron chi connectivity index (χ4n) is 0.761. The van der Waals surface area contributed by atoms with Gasteiger partial charge >= 0.3 is 6.09 Å². The molecule has 0 saturated carbocycles. The first-order chi connectivity index (χ1) is 6.85. The zero-order valence-corrected chi connectivity index (χ0v) is 12.0. The average molecular weight is 229 g/mol. The van der Waals surface area contributed by atoms with Crippen LogP contribution in [0.25, 0.3) is 0 Å². The van der Waals surface area contributed by atoms with Crippen molar-refractivity contribution in [2.24, 2.45) is 10.8 Å². The zero-order valence-electron chi connectivity index (χ0n) is 12.0. The minimum Gasteiger partial charge on any atom is -0.449 e. The van der Waals surface area contributed by atoms with E-state index in [9.17, 15) is 4.79 Å². The molecule has 0 radical (unpaired) electrons. The number of amides is 1. The lowest BCUT2D eigenvalue weighted by Gasteiger charge is -2.39. The van der Waals surface area contributed by atoms with Gasteiger partial charge in [-0.15, -0.1) is 0 Å². The maximum Gasteiger partial charge on any atom is 0.407 e. The third kappa shape index (κ3) is 5.38. The molecular weight excluding hydrogens is 202 g/mol. The van der Waals surface area contributed by atoms with Crippen molar-refractivity contribution < 1.29 is 9.53 Å². The van der Waals surface area contributed by atoms with Crippen molar-refractivity contribution in [3.05, 3.63) is 0 Å². The quantitative estimate of drug-likeness (QED) is 0.786. The molecule has 16 heavy (non-hydrogen) atoms. The van der Waals surface area contributed by atoms with Gasteiger partial charge in [-0.1, -0.05) is 41.5 Å². The Labute approximate surface area is 99.9 Å². The molecule has 0 aliphatic heterocycles. The Morgan fingerprint density at radius 1 is 1.00 bits per heavy atom. The van der Waals surface area contributed by atoms with Gasteiger partial charge < -0.3 is 10.1 Å². The van der Waals surface area contributed by atoms with E-state index >= 15 is 0 Å². The van der Waals surface area contributed by atoms with E-state index < -0.39 is 0 Å². The summed E-state index contributed by atoms with van der Waals surface area (Å²) >= 11 is 0. The third-order valence-electron chi connectivity index (χ3n) is 2.93. The lowest BCUT2D eigenvalue weighted by molar-refractivity contribution is 0.0843. The van der Waals surface area contributed by atoms with Gasteiger partial charge in [0.25, 0.3) is 0 Å². The smallest absolute Gasteiger partial charge is 0.407 e. The van der Waals surface area contributed by atoms with Crippen LogP contribution in [0.15, 0.2) is 0 Å². The maximum atomic E-state index is 11.6. The van der Waals surface area contributed by atoms with Gasteiger partial charge in [-0.2, -0.15) is 0 Å². The molecule has 0 saturated heterocycles. The second-order valence-corrected chi connectivity index (χ2v) is 7.14. The molecule has 0 bridgehead atoms. The second kappa shape index (κ2) is 4.64. The fraction of sp³-hybridized carbons (Fsp3) is 0.923. The van der Waals surface area contributed by atoms with E-state index in [1.54, 1.807) is 0 Å². The number of carbonyl (C=O) groups excluding carboxylic acids is 1. The molecule has 0 aromatic rings. The molecule has 0 fully saturated rings. The number of carbonyl (C=O) groups is 1. The van der Waals surface area contributed by atoms with Gasteiger partial charge in [0, 0.05) is 5.54 Å². The summed E-state index contributed by atoms with van der Waals surface area (Å²) in [6, 6.07) is 0.